The van der Waals surface area contributed by atoms with Crippen LogP contribution in [0.1, 0.15) is 33.0 Å². The zero-order chi connectivity index (χ0) is 21.7. The fourth-order valence-corrected chi connectivity index (χ4v) is 3.54. The van der Waals surface area contributed by atoms with Crippen LogP contribution in [-0.2, 0) is 4.79 Å². The first-order valence-electron chi connectivity index (χ1n) is 9.26. The molecule has 1 unspecified atom stereocenters. The monoisotopic (exact) mass is 438 g/mol. The number of ketones is 1. The number of nitrogens with zero attached hydrogens (tertiary/aromatic N) is 2. The minimum Gasteiger partial charge on any atom is -0.369 e. The highest BCUT2D eigenvalue weighted by Crippen LogP contribution is 2.33. The molecule has 0 aliphatic carbocycles. The van der Waals surface area contributed by atoms with Gasteiger partial charge in [-0.15, -0.1) is 0 Å². The molecule has 0 radical (unpaired) electrons. The molecule has 0 bridgehead atoms. The second kappa shape index (κ2) is 9.70. The summed E-state index contributed by atoms with van der Waals surface area (Å²) in [4.78, 5) is 31.3. The molecule has 0 aliphatic heterocycles. The van der Waals surface area contributed by atoms with Crippen LogP contribution in [0.2, 0.25) is 10.0 Å². The van der Waals surface area contributed by atoms with Gasteiger partial charge >= 0.3 is 0 Å². The Kier molecular flexibility index (Phi) is 7.03. The van der Waals surface area contributed by atoms with Crippen LogP contribution >= 0.6 is 23.2 Å². The molecule has 30 heavy (non-hydrogen) atoms. The molecule has 0 saturated heterocycles. The molecule has 0 saturated carbocycles. The van der Waals surface area contributed by atoms with Crippen molar-refractivity contribution in [2.75, 3.05) is 14.1 Å². The van der Waals surface area contributed by atoms with Gasteiger partial charge in [-0.3, -0.25) is 9.59 Å². The van der Waals surface area contributed by atoms with Crippen molar-refractivity contribution in [3.63, 3.8) is 0 Å². The van der Waals surface area contributed by atoms with Crippen molar-refractivity contribution in [2.45, 2.75) is 5.92 Å². The van der Waals surface area contributed by atoms with E-state index in [1.807, 2.05) is 18.2 Å². The van der Waals surface area contributed by atoms with Gasteiger partial charge in [0, 0.05) is 35.3 Å². The van der Waals surface area contributed by atoms with E-state index < -0.39 is 5.92 Å². The van der Waals surface area contributed by atoms with Gasteiger partial charge in [0.15, 0.2) is 5.78 Å². The second-order valence-electron chi connectivity index (χ2n) is 6.96. The molecule has 152 valence electrons. The summed E-state index contributed by atoms with van der Waals surface area (Å²) in [7, 11) is 3.57. The Hall–Kier alpha value is -2.95. The van der Waals surface area contributed by atoms with Crippen LogP contribution in [0, 0.1) is 0 Å². The Labute approximate surface area is 185 Å². The summed E-state index contributed by atoms with van der Waals surface area (Å²) in [6.45, 7) is 0. The number of hydrogen-bond donors (Lipinski definition) is 0. The second-order valence-corrected chi connectivity index (χ2v) is 7.81. The summed E-state index contributed by atoms with van der Waals surface area (Å²) in [5.41, 5.74) is 2.43. The molecule has 1 amide bonds. The molecule has 0 fully saturated rings. The molecule has 4 nitrogen and oxygen atoms in total. The maximum atomic E-state index is 12.9. The summed E-state index contributed by atoms with van der Waals surface area (Å²) in [5, 5.41) is 0.862. The van der Waals surface area contributed by atoms with E-state index in [9.17, 15) is 9.59 Å². The van der Waals surface area contributed by atoms with E-state index in [2.05, 4.69) is 4.99 Å². The summed E-state index contributed by atoms with van der Waals surface area (Å²) >= 11 is 12.4. The third-order valence-electron chi connectivity index (χ3n) is 4.48. The van der Waals surface area contributed by atoms with E-state index in [-0.39, 0.29) is 11.7 Å². The third kappa shape index (κ3) is 5.15. The summed E-state index contributed by atoms with van der Waals surface area (Å²) in [6.07, 6.45) is 1.45. The maximum Gasteiger partial charge on any atom is 0.259 e. The van der Waals surface area contributed by atoms with Gasteiger partial charge in [-0.1, -0.05) is 83.9 Å². The minimum absolute atomic E-state index is 0.0832. The average Bonchev–Trinajstić information content (AvgIpc) is 2.74. The Balaban J connectivity index is 1.99. The number of aliphatic imine (C=N–C) groups is 1. The van der Waals surface area contributed by atoms with Gasteiger partial charge in [0.05, 0.1) is 12.3 Å². The molecule has 3 aromatic carbocycles. The SMILES string of the molecule is CN(C)C=NC(=O)C(c1ccc(C(=O)c2ccccc2)cc1)c1ccc(Cl)cc1Cl. The van der Waals surface area contributed by atoms with Gasteiger partial charge in [0.2, 0.25) is 0 Å². The number of carbonyl (C=O) groups is 2. The van der Waals surface area contributed by atoms with Crippen molar-refractivity contribution in [3.8, 4) is 0 Å². The van der Waals surface area contributed by atoms with E-state index >= 15 is 0 Å². The zero-order valence-corrected chi connectivity index (χ0v) is 18.1. The van der Waals surface area contributed by atoms with Crippen molar-refractivity contribution < 1.29 is 9.59 Å². The number of benzene rings is 3. The number of halogens is 2. The quantitative estimate of drug-likeness (QED) is 0.291. The van der Waals surface area contributed by atoms with Crippen molar-refractivity contribution >= 4 is 41.2 Å². The molecular formula is C24H20Cl2N2O2. The maximum absolute atomic E-state index is 12.9. The van der Waals surface area contributed by atoms with Crippen LogP contribution in [0.25, 0.3) is 0 Å². The van der Waals surface area contributed by atoms with E-state index in [1.54, 1.807) is 73.6 Å². The lowest BCUT2D eigenvalue weighted by molar-refractivity contribution is -0.118. The van der Waals surface area contributed by atoms with Crippen molar-refractivity contribution in [2.24, 2.45) is 4.99 Å². The van der Waals surface area contributed by atoms with Crippen LogP contribution < -0.4 is 0 Å². The van der Waals surface area contributed by atoms with Crippen molar-refractivity contribution in [3.05, 3.63) is 105 Å². The minimum atomic E-state index is -0.716. The van der Waals surface area contributed by atoms with E-state index in [0.29, 0.717) is 32.3 Å². The summed E-state index contributed by atoms with van der Waals surface area (Å²) in [5.74, 6) is -1.16. The topological polar surface area (TPSA) is 49.7 Å². The molecule has 6 heteroatoms. The highest BCUT2D eigenvalue weighted by molar-refractivity contribution is 6.35. The van der Waals surface area contributed by atoms with Gasteiger partial charge in [0.1, 0.15) is 0 Å². The third-order valence-corrected chi connectivity index (χ3v) is 5.04. The Morgan fingerprint density at radius 1 is 0.900 bits per heavy atom. The van der Waals surface area contributed by atoms with Crippen molar-refractivity contribution in [1.29, 1.82) is 0 Å². The molecule has 1 atom stereocenters. The Morgan fingerprint density at radius 2 is 1.53 bits per heavy atom. The van der Waals surface area contributed by atoms with Gasteiger partial charge in [-0.25, -0.2) is 4.99 Å². The lowest BCUT2D eigenvalue weighted by atomic mass is 9.89. The summed E-state index contributed by atoms with van der Waals surface area (Å²) in [6, 6.07) is 21.0. The number of carbonyl (C=O) groups excluding carboxylic acids is 2. The Bertz CT molecular complexity index is 1080. The molecule has 3 aromatic rings. The largest absolute Gasteiger partial charge is 0.369 e. The average molecular weight is 439 g/mol. The van der Waals surface area contributed by atoms with Crippen LogP contribution in [0.4, 0.5) is 0 Å². The molecule has 3 rings (SSSR count). The normalized spacial score (nSPS) is 12.0. The predicted molar refractivity (Wildman–Crippen MR) is 122 cm³/mol. The summed E-state index contributed by atoms with van der Waals surface area (Å²) < 4.78 is 0. The van der Waals surface area contributed by atoms with Crippen LogP contribution in [0.15, 0.2) is 77.8 Å². The fraction of sp³-hybridized carbons (Fsp3) is 0.125. The first kappa shape index (κ1) is 21.8. The molecule has 0 heterocycles. The molecule has 0 spiro atoms. The number of rotatable bonds is 6. The molecule has 0 aliphatic rings. The molecular weight excluding hydrogens is 419 g/mol. The zero-order valence-electron chi connectivity index (χ0n) is 16.5. The van der Waals surface area contributed by atoms with Gasteiger partial charge in [0.25, 0.3) is 5.91 Å². The lowest BCUT2D eigenvalue weighted by Gasteiger charge is -2.17. The van der Waals surface area contributed by atoms with Gasteiger partial charge in [-0.2, -0.15) is 0 Å². The van der Waals surface area contributed by atoms with Crippen LogP contribution in [0.5, 0.6) is 0 Å². The van der Waals surface area contributed by atoms with E-state index in [4.69, 9.17) is 23.2 Å². The first-order valence-corrected chi connectivity index (χ1v) is 10.0. The highest BCUT2D eigenvalue weighted by Gasteiger charge is 2.25. The number of hydrogen-bond acceptors (Lipinski definition) is 2. The van der Waals surface area contributed by atoms with E-state index in [1.165, 1.54) is 6.34 Å². The first-order chi connectivity index (χ1) is 14.4. The van der Waals surface area contributed by atoms with Gasteiger partial charge in [-0.05, 0) is 23.3 Å². The van der Waals surface area contributed by atoms with E-state index in [0.717, 1.165) is 0 Å². The Morgan fingerprint density at radius 3 is 2.13 bits per heavy atom. The smallest absolute Gasteiger partial charge is 0.259 e. The van der Waals surface area contributed by atoms with Crippen molar-refractivity contribution in [1.82, 2.24) is 4.90 Å². The highest BCUT2D eigenvalue weighted by atomic mass is 35.5. The molecule has 0 aromatic heterocycles. The predicted octanol–water partition coefficient (Wildman–Crippen LogP) is 5.47. The number of amides is 1. The molecule has 0 N–H and O–H groups in total. The van der Waals surface area contributed by atoms with Crippen LogP contribution in [-0.4, -0.2) is 37.0 Å². The van der Waals surface area contributed by atoms with Crippen LogP contribution in [0.3, 0.4) is 0 Å². The standard InChI is InChI=1S/C24H20Cl2N2O2/c1-28(2)15-27-24(30)22(20-13-12-19(25)14-21(20)26)16-8-10-18(11-9-16)23(29)17-6-4-3-5-7-17/h3-15,22H,1-2H3. The fourth-order valence-electron chi connectivity index (χ4n) is 3.02. The van der Waals surface area contributed by atoms with Gasteiger partial charge < -0.3 is 4.90 Å². The lowest BCUT2D eigenvalue weighted by Crippen LogP contribution is -2.16.